The average Bonchev–Trinajstić information content (AvgIpc) is 2.97. The molecule has 3 amide bonds. The van der Waals surface area contributed by atoms with E-state index in [4.69, 9.17) is 22.3 Å². The quantitative estimate of drug-likeness (QED) is 0.0556. The van der Waals surface area contributed by atoms with Gasteiger partial charge in [0.15, 0.2) is 5.96 Å². The lowest BCUT2D eigenvalue weighted by Gasteiger charge is -2.25. The number of amides is 3. The number of nitrogens with two attached hydrogens (primary N) is 3. The van der Waals surface area contributed by atoms with E-state index in [-0.39, 0.29) is 56.8 Å². The number of benzene rings is 2. The number of phenolic OH excluding ortho intramolecular Hbond substituents is 1. The molecule has 0 saturated heterocycles. The van der Waals surface area contributed by atoms with Crippen molar-refractivity contribution in [3.05, 3.63) is 65.7 Å². The Bertz CT molecular complexity index is 1300. The summed E-state index contributed by atoms with van der Waals surface area (Å²) in [6.07, 6.45) is -0.360. The van der Waals surface area contributed by atoms with E-state index in [2.05, 4.69) is 20.9 Å². The van der Waals surface area contributed by atoms with Crippen LogP contribution in [0.5, 0.6) is 5.75 Å². The second-order valence-electron chi connectivity index (χ2n) is 10.1. The number of carbonyl (C=O) groups excluding carboxylic acids is 3. The van der Waals surface area contributed by atoms with Crippen molar-refractivity contribution >= 4 is 35.6 Å². The number of carbonyl (C=O) groups is 5. The minimum Gasteiger partial charge on any atom is -0.508 e. The fourth-order valence-corrected chi connectivity index (χ4v) is 4.13. The number of hydrogen-bond donors (Lipinski definition) is 9. The van der Waals surface area contributed by atoms with Crippen molar-refractivity contribution in [3.63, 3.8) is 0 Å². The van der Waals surface area contributed by atoms with Gasteiger partial charge in [0.2, 0.25) is 17.7 Å². The number of aliphatic carboxylic acids is 2. The van der Waals surface area contributed by atoms with E-state index >= 15 is 0 Å². The van der Waals surface area contributed by atoms with Crippen molar-refractivity contribution in [2.75, 3.05) is 6.54 Å². The number of aliphatic imine (C=N–C) groups is 1. The standard InChI is InChI=1S/C29H39N7O8/c30-20(12-13-24(38)39)25(40)34-21(7-4-14-33-29(31)32)26(41)35-22(15-18-8-10-19(37)11-9-18)27(42)36-23(28(43)44)16-17-5-2-1-3-6-17/h1-3,5-6,8-11,20-23,37H,4,7,12-16,30H2,(H,34,40)(H,35,41)(H,36,42)(H,38,39)(H,43,44)(H4,31,32,33). The molecular formula is C29H39N7O8. The number of aromatic hydroxyl groups is 1. The van der Waals surface area contributed by atoms with Gasteiger partial charge in [-0.1, -0.05) is 42.5 Å². The molecule has 2 aromatic carbocycles. The van der Waals surface area contributed by atoms with E-state index in [0.29, 0.717) is 11.1 Å². The molecular weight excluding hydrogens is 574 g/mol. The molecule has 4 atom stereocenters. The Morgan fingerprint density at radius 3 is 1.86 bits per heavy atom. The van der Waals surface area contributed by atoms with Gasteiger partial charge in [0.1, 0.15) is 23.9 Å². The zero-order valence-electron chi connectivity index (χ0n) is 24.0. The van der Waals surface area contributed by atoms with E-state index in [9.17, 15) is 34.2 Å². The third kappa shape index (κ3) is 12.8. The first-order chi connectivity index (χ1) is 20.8. The van der Waals surface area contributed by atoms with Gasteiger partial charge >= 0.3 is 11.9 Å². The van der Waals surface area contributed by atoms with Gasteiger partial charge in [0.25, 0.3) is 0 Å². The molecule has 44 heavy (non-hydrogen) atoms. The molecule has 12 N–H and O–H groups in total. The Kier molecular flexibility index (Phi) is 14.1. The van der Waals surface area contributed by atoms with Crippen LogP contribution in [0.2, 0.25) is 0 Å². The van der Waals surface area contributed by atoms with Gasteiger partial charge in [0.05, 0.1) is 6.04 Å². The van der Waals surface area contributed by atoms with Crippen LogP contribution < -0.4 is 33.2 Å². The van der Waals surface area contributed by atoms with E-state index in [1.807, 2.05) is 0 Å². The summed E-state index contributed by atoms with van der Waals surface area (Å²) in [5.74, 6) is -4.95. The molecule has 2 aromatic rings. The molecule has 2 rings (SSSR count). The highest BCUT2D eigenvalue weighted by Crippen LogP contribution is 2.13. The maximum atomic E-state index is 13.5. The van der Waals surface area contributed by atoms with Gasteiger partial charge in [-0.15, -0.1) is 0 Å². The van der Waals surface area contributed by atoms with Gasteiger partial charge in [-0.2, -0.15) is 0 Å². The Morgan fingerprint density at radius 1 is 0.727 bits per heavy atom. The van der Waals surface area contributed by atoms with Crippen LogP contribution in [0.4, 0.5) is 0 Å². The van der Waals surface area contributed by atoms with Crippen molar-refractivity contribution in [3.8, 4) is 5.75 Å². The van der Waals surface area contributed by atoms with Gasteiger partial charge in [0, 0.05) is 25.8 Å². The maximum Gasteiger partial charge on any atom is 0.326 e. The molecule has 15 heteroatoms. The summed E-state index contributed by atoms with van der Waals surface area (Å²) in [5, 5.41) is 35.9. The lowest BCUT2D eigenvalue weighted by atomic mass is 10.0. The molecule has 0 radical (unpaired) electrons. The minimum absolute atomic E-state index is 0.0144. The molecule has 0 spiro atoms. The Morgan fingerprint density at radius 2 is 1.27 bits per heavy atom. The summed E-state index contributed by atoms with van der Waals surface area (Å²) in [7, 11) is 0. The number of nitrogens with zero attached hydrogens (tertiary/aromatic N) is 1. The van der Waals surface area contributed by atoms with Gasteiger partial charge in [-0.3, -0.25) is 24.2 Å². The third-order valence-electron chi connectivity index (χ3n) is 6.49. The van der Waals surface area contributed by atoms with Gasteiger partial charge < -0.3 is 48.5 Å². The molecule has 0 aromatic heterocycles. The van der Waals surface area contributed by atoms with Gasteiger partial charge in [-0.25, -0.2) is 4.79 Å². The van der Waals surface area contributed by atoms with Crippen LogP contribution in [0.3, 0.4) is 0 Å². The predicted octanol–water partition coefficient (Wildman–Crippen LogP) is -1.04. The summed E-state index contributed by atoms with van der Waals surface area (Å²) < 4.78 is 0. The first-order valence-electron chi connectivity index (χ1n) is 13.8. The largest absolute Gasteiger partial charge is 0.508 e. The average molecular weight is 614 g/mol. The van der Waals surface area contributed by atoms with Gasteiger partial charge in [-0.05, 0) is 42.5 Å². The monoisotopic (exact) mass is 613 g/mol. The van der Waals surface area contributed by atoms with Crippen molar-refractivity contribution in [2.45, 2.75) is 62.7 Å². The molecule has 0 aliphatic heterocycles. The SMILES string of the molecule is NC(N)=NCCCC(NC(=O)C(N)CCC(=O)O)C(=O)NC(Cc1ccc(O)cc1)C(=O)NC(Cc1ccccc1)C(=O)O. The van der Waals surface area contributed by atoms with E-state index < -0.39 is 53.8 Å². The Balaban J connectivity index is 2.28. The fraction of sp³-hybridized carbons (Fsp3) is 0.379. The van der Waals surface area contributed by atoms with E-state index in [1.54, 1.807) is 30.3 Å². The molecule has 0 fully saturated rings. The summed E-state index contributed by atoms with van der Waals surface area (Å²) in [5.41, 5.74) is 17.7. The van der Waals surface area contributed by atoms with Crippen LogP contribution in [0.1, 0.15) is 36.8 Å². The number of carboxylic acids is 2. The molecule has 0 aliphatic carbocycles. The number of nitrogens with one attached hydrogen (secondary N) is 3. The first-order valence-corrected chi connectivity index (χ1v) is 13.8. The fourth-order valence-electron chi connectivity index (χ4n) is 4.13. The van der Waals surface area contributed by atoms with Crippen LogP contribution in [0, 0.1) is 0 Å². The number of carboxylic acid groups (broad SMARTS) is 2. The molecule has 0 saturated carbocycles. The van der Waals surface area contributed by atoms with Crippen molar-refractivity contribution in [1.82, 2.24) is 16.0 Å². The minimum atomic E-state index is -1.31. The van der Waals surface area contributed by atoms with Crippen LogP contribution in [-0.2, 0) is 36.8 Å². The molecule has 4 unspecified atom stereocenters. The van der Waals surface area contributed by atoms with Crippen molar-refractivity contribution in [2.24, 2.45) is 22.2 Å². The molecule has 15 nitrogen and oxygen atoms in total. The molecule has 0 aliphatic rings. The zero-order valence-corrected chi connectivity index (χ0v) is 24.0. The molecule has 238 valence electrons. The van der Waals surface area contributed by atoms with Crippen LogP contribution in [0.25, 0.3) is 0 Å². The highest BCUT2D eigenvalue weighted by atomic mass is 16.4. The van der Waals surface area contributed by atoms with Crippen LogP contribution in [-0.4, -0.2) is 81.7 Å². The lowest BCUT2D eigenvalue weighted by molar-refractivity contribution is -0.142. The summed E-state index contributed by atoms with van der Waals surface area (Å²) in [4.78, 5) is 66.4. The van der Waals surface area contributed by atoms with Crippen LogP contribution >= 0.6 is 0 Å². The normalized spacial score (nSPS) is 13.4. The summed E-state index contributed by atoms with van der Waals surface area (Å²) in [6.45, 7) is 0.129. The lowest BCUT2D eigenvalue weighted by Crippen LogP contribution is -2.57. The topological polar surface area (TPSA) is 273 Å². The third-order valence-corrected chi connectivity index (χ3v) is 6.49. The highest BCUT2D eigenvalue weighted by molar-refractivity contribution is 5.94. The van der Waals surface area contributed by atoms with E-state index in [0.717, 1.165) is 0 Å². The number of phenols is 1. The molecule has 0 heterocycles. The van der Waals surface area contributed by atoms with E-state index in [1.165, 1.54) is 24.3 Å². The van der Waals surface area contributed by atoms with Crippen molar-refractivity contribution < 1.29 is 39.3 Å². The number of guanidine groups is 1. The summed E-state index contributed by atoms with van der Waals surface area (Å²) in [6, 6.07) is 9.50. The predicted molar refractivity (Wildman–Crippen MR) is 160 cm³/mol. The smallest absolute Gasteiger partial charge is 0.326 e. The second kappa shape index (κ2) is 17.7. The maximum absolute atomic E-state index is 13.5. The summed E-state index contributed by atoms with van der Waals surface area (Å²) >= 11 is 0. The zero-order chi connectivity index (χ0) is 32.6. The molecule has 0 bridgehead atoms. The Hall–Kier alpha value is -5.18. The van der Waals surface area contributed by atoms with Crippen molar-refractivity contribution in [1.29, 1.82) is 0 Å². The number of rotatable bonds is 18. The highest BCUT2D eigenvalue weighted by Gasteiger charge is 2.30. The Labute approximate surface area is 253 Å². The van der Waals surface area contributed by atoms with Crippen LogP contribution in [0.15, 0.2) is 59.6 Å². The second-order valence-corrected chi connectivity index (χ2v) is 10.1. The first kappa shape index (κ1) is 35.0. The number of hydrogen-bond acceptors (Lipinski definition) is 8.